The first kappa shape index (κ1) is 10.2. The van der Waals surface area contributed by atoms with Crippen molar-refractivity contribution in [1.82, 2.24) is 0 Å². The van der Waals surface area contributed by atoms with Crippen LogP contribution in [0.2, 0.25) is 0 Å². The van der Waals surface area contributed by atoms with Crippen LogP contribution in [0, 0.1) is 5.92 Å². The maximum atomic E-state index is 3.99. The summed E-state index contributed by atoms with van der Waals surface area (Å²) < 4.78 is 0. The fraction of sp³-hybridized carbons (Fsp3) is 0.500. The van der Waals surface area contributed by atoms with Crippen molar-refractivity contribution in [3.63, 3.8) is 0 Å². The van der Waals surface area contributed by atoms with Crippen LogP contribution in [0.25, 0.3) is 0 Å². The van der Waals surface area contributed by atoms with Gasteiger partial charge < -0.3 is 0 Å². The maximum absolute atomic E-state index is 3.99. The van der Waals surface area contributed by atoms with Gasteiger partial charge in [-0.05, 0) is 19.3 Å². The third kappa shape index (κ3) is 5.59. The molecular formula is C10H17N. The Morgan fingerprint density at radius 2 is 2.27 bits per heavy atom. The second-order valence-corrected chi connectivity index (χ2v) is 2.44. The number of hydrogen-bond acceptors (Lipinski definition) is 1. The molecule has 0 aromatic carbocycles. The third-order valence-electron chi connectivity index (χ3n) is 1.49. The fourth-order valence-electron chi connectivity index (χ4n) is 0.872. The zero-order chi connectivity index (χ0) is 8.53. The zero-order valence-electron chi connectivity index (χ0n) is 7.46. The van der Waals surface area contributed by atoms with E-state index in [-0.39, 0.29) is 0 Å². The van der Waals surface area contributed by atoms with Gasteiger partial charge in [-0.25, -0.2) is 0 Å². The second kappa shape index (κ2) is 7.26. The summed E-state index contributed by atoms with van der Waals surface area (Å²) in [6, 6.07) is 0. The molecule has 0 spiro atoms. The number of allylic oxidation sites excluding steroid dienone is 2. The predicted molar refractivity (Wildman–Crippen MR) is 51.9 cm³/mol. The first-order valence-electron chi connectivity index (χ1n) is 4.12. The minimum atomic E-state index is 0.490. The summed E-state index contributed by atoms with van der Waals surface area (Å²) >= 11 is 0. The van der Waals surface area contributed by atoms with E-state index in [2.05, 4.69) is 24.6 Å². The van der Waals surface area contributed by atoms with Crippen LogP contribution in [0.4, 0.5) is 0 Å². The van der Waals surface area contributed by atoms with Gasteiger partial charge in [0.05, 0.1) is 0 Å². The molecule has 0 aliphatic heterocycles. The predicted octanol–water partition coefficient (Wildman–Crippen LogP) is 3.19. The fourth-order valence-corrected chi connectivity index (χ4v) is 0.872. The first-order chi connectivity index (χ1) is 5.35. The molecule has 1 unspecified atom stereocenters. The minimum absolute atomic E-state index is 0.490. The van der Waals surface area contributed by atoms with E-state index >= 15 is 0 Å². The summed E-state index contributed by atoms with van der Waals surface area (Å²) in [5, 5.41) is 0. The highest BCUT2D eigenvalue weighted by Crippen LogP contribution is 2.08. The van der Waals surface area contributed by atoms with E-state index in [1.807, 2.05) is 19.2 Å². The van der Waals surface area contributed by atoms with Crippen LogP contribution in [-0.2, 0) is 0 Å². The average Bonchev–Trinajstić information content (AvgIpc) is 2.03. The van der Waals surface area contributed by atoms with Crippen LogP contribution in [0.15, 0.2) is 29.9 Å². The van der Waals surface area contributed by atoms with Crippen LogP contribution in [0.1, 0.15) is 26.7 Å². The molecule has 1 atom stereocenters. The van der Waals surface area contributed by atoms with Crippen LogP contribution >= 0.6 is 0 Å². The van der Waals surface area contributed by atoms with E-state index in [1.54, 1.807) is 6.21 Å². The van der Waals surface area contributed by atoms with Gasteiger partial charge in [0.1, 0.15) is 0 Å². The van der Waals surface area contributed by atoms with Crippen molar-refractivity contribution in [3.05, 3.63) is 24.9 Å². The van der Waals surface area contributed by atoms with Gasteiger partial charge in [0, 0.05) is 12.4 Å². The quantitative estimate of drug-likeness (QED) is 0.422. The van der Waals surface area contributed by atoms with Gasteiger partial charge in [0.15, 0.2) is 0 Å². The largest absolute Gasteiger partial charge is 0.270 e. The lowest BCUT2D eigenvalue weighted by molar-refractivity contribution is 0.691. The molecule has 0 aliphatic carbocycles. The number of aliphatic imine (C=N–C) groups is 1. The van der Waals surface area contributed by atoms with Gasteiger partial charge >= 0.3 is 0 Å². The molecule has 0 rings (SSSR count). The van der Waals surface area contributed by atoms with Crippen LogP contribution in [0.5, 0.6) is 0 Å². The zero-order valence-corrected chi connectivity index (χ0v) is 7.46. The number of nitrogens with zero attached hydrogens (tertiary/aromatic N) is 1. The molecule has 0 aromatic rings. The Morgan fingerprint density at radius 3 is 2.73 bits per heavy atom. The van der Waals surface area contributed by atoms with Crippen LogP contribution in [0.3, 0.4) is 0 Å². The van der Waals surface area contributed by atoms with Gasteiger partial charge in [-0.15, -0.1) is 6.58 Å². The molecule has 0 heterocycles. The summed E-state index contributed by atoms with van der Waals surface area (Å²) in [6.45, 7) is 7.84. The van der Waals surface area contributed by atoms with Crippen LogP contribution in [-0.4, -0.2) is 6.21 Å². The van der Waals surface area contributed by atoms with Gasteiger partial charge in [0.2, 0.25) is 0 Å². The summed E-state index contributed by atoms with van der Waals surface area (Å²) in [5.41, 5.74) is 0. The average molecular weight is 151 g/mol. The first-order valence-corrected chi connectivity index (χ1v) is 4.12. The molecule has 0 amide bonds. The van der Waals surface area contributed by atoms with Gasteiger partial charge in [-0.3, -0.25) is 4.99 Å². The standard InChI is InChI=1S/C10H17N/c1-4-7-10(5-2)8-9-11-6-3/h5-6,8-10H,2,4,7H2,1,3H3/b9-8+,11-6-. The molecule has 62 valence electrons. The SMILES string of the molecule is C=CC(/C=C/N=C\C)CCC. The molecule has 0 saturated carbocycles. The minimum Gasteiger partial charge on any atom is -0.270 e. The van der Waals surface area contributed by atoms with E-state index in [4.69, 9.17) is 0 Å². The highest BCUT2D eigenvalue weighted by Gasteiger charge is 1.94. The Balaban J connectivity index is 3.75. The second-order valence-electron chi connectivity index (χ2n) is 2.44. The van der Waals surface area contributed by atoms with Crippen molar-refractivity contribution in [3.8, 4) is 0 Å². The van der Waals surface area contributed by atoms with Crippen molar-refractivity contribution < 1.29 is 0 Å². The number of hydrogen-bond donors (Lipinski definition) is 0. The molecule has 0 fully saturated rings. The van der Waals surface area contributed by atoms with Crippen molar-refractivity contribution in [1.29, 1.82) is 0 Å². The van der Waals surface area contributed by atoms with E-state index in [1.165, 1.54) is 12.8 Å². The van der Waals surface area contributed by atoms with E-state index in [0.29, 0.717) is 5.92 Å². The van der Waals surface area contributed by atoms with Crippen molar-refractivity contribution in [2.75, 3.05) is 0 Å². The number of rotatable bonds is 5. The summed E-state index contributed by atoms with van der Waals surface area (Å²) in [7, 11) is 0. The van der Waals surface area contributed by atoms with Crippen molar-refractivity contribution in [2.45, 2.75) is 26.7 Å². The van der Waals surface area contributed by atoms with Gasteiger partial charge in [0.25, 0.3) is 0 Å². The topological polar surface area (TPSA) is 12.4 Å². The highest BCUT2D eigenvalue weighted by molar-refractivity contribution is 5.54. The summed E-state index contributed by atoms with van der Waals surface area (Å²) in [5.74, 6) is 0.490. The Morgan fingerprint density at radius 1 is 1.55 bits per heavy atom. The molecule has 1 nitrogen and oxygen atoms in total. The molecule has 1 heteroatoms. The lowest BCUT2D eigenvalue weighted by atomic mass is 10.0. The molecule has 0 radical (unpaired) electrons. The normalized spacial score (nSPS) is 14.4. The molecule has 0 aliphatic rings. The Bertz CT molecular complexity index is 145. The lowest BCUT2D eigenvalue weighted by Crippen LogP contribution is -1.88. The maximum Gasteiger partial charge on any atom is 0.0229 e. The van der Waals surface area contributed by atoms with E-state index in [0.717, 1.165) is 0 Å². The smallest absolute Gasteiger partial charge is 0.0229 e. The van der Waals surface area contributed by atoms with Crippen molar-refractivity contribution in [2.24, 2.45) is 10.9 Å². The third-order valence-corrected chi connectivity index (χ3v) is 1.49. The summed E-state index contributed by atoms with van der Waals surface area (Å²) in [4.78, 5) is 3.99. The van der Waals surface area contributed by atoms with E-state index in [9.17, 15) is 0 Å². The van der Waals surface area contributed by atoms with E-state index < -0.39 is 0 Å². The summed E-state index contributed by atoms with van der Waals surface area (Å²) in [6.07, 6.45) is 10.0. The Kier molecular flexibility index (Phi) is 6.70. The molecular weight excluding hydrogens is 134 g/mol. The highest BCUT2D eigenvalue weighted by atomic mass is 14.6. The Hall–Kier alpha value is -0.850. The molecule has 0 aromatic heterocycles. The van der Waals surface area contributed by atoms with Crippen molar-refractivity contribution >= 4 is 6.21 Å². The van der Waals surface area contributed by atoms with Gasteiger partial charge in [-0.2, -0.15) is 0 Å². The molecule has 11 heavy (non-hydrogen) atoms. The monoisotopic (exact) mass is 151 g/mol. The Labute approximate surface area is 69.5 Å². The molecule has 0 saturated heterocycles. The lowest BCUT2D eigenvalue weighted by Gasteiger charge is -2.01. The van der Waals surface area contributed by atoms with Crippen LogP contribution < -0.4 is 0 Å². The molecule has 0 N–H and O–H groups in total. The van der Waals surface area contributed by atoms with Gasteiger partial charge in [-0.1, -0.05) is 25.5 Å². The molecule has 0 bridgehead atoms.